The van der Waals surface area contributed by atoms with E-state index in [-0.39, 0.29) is 10.6 Å². The number of carbonyl (C=O) groups excluding carboxylic acids is 1. The highest BCUT2D eigenvalue weighted by Crippen LogP contribution is 2.28. The molecule has 0 bridgehead atoms. The average Bonchev–Trinajstić information content (AvgIpc) is 2.47. The number of rotatable bonds is 4. The predicted molar refractivity (Wildman–Crippen MR) is 75.4 cm³/mol. The van der Waals surface area contributed by atoms with Gasteiger partial charge in [0.05, 0.1) is 7.11 Å². The van der Waals surface area contributed by atoms with E-state index in [1.165, 1.54) is 0 Å². The monoisotopic (exact) mass is 304 g/mol. The zero-order chi connectivity index (χ0) is 13.0. The maximum Gasteiger partial charge on any atom is 0.180 e. The average molecular weight is 305 g/mol. The van der Waals surface area contributed by atoms with Crippen LogP contribution in [0.25, 0.3) is 0 Å². The third-order valence-electron chi connectivity index (χ3n) is 2.70. The first kappa shape index (κ1) is 12.8. The van der Waals surface area contributed by atoms with E-state index in [1.54, 1.807) is 7.11 Å². The molecule has 0 aromatic heterocycles. The minimum atomic E-state index is -0.328. The molecule has 2 nitrogen and oxygen atoms in total. The maximum absolute atomic E-state index is 12.2. The lowest BCUT2D eigenvalue weighted by Crippen LogP contribution is -2.06. The van der Waals surface area contributed by atoms with Crippen molar-refractivity contribution in [2.24, 2.45) is 0 Å². The van der Waals surface area contributed by atoms with E-state index >= 15 is 0 Å². The smallest absolute Gasteiger partial charge is 0.180 e. The number of halogens is 1. The van der Waals surface area contributed by atoms with Crippen LogP contribution in [0.2, 0.25) is 0 Å². The van der Waals surface area contributed by atoms with Gasteiger partial charge in [-0.25, -0.2) is 0 Å². The molecule has 0 spiro atoms. The lowest BCUT2D eigenvalue weighted by atomic mass is 10.0. The van der Waals surface area contributed by atoms with Gasteiger partial charge in [-0.05, 0) is 17.7 Å². The van der Waals surface area contributed by atoms with Crippen molar-refractivity contribution in [2.45, 2.75) is 4.83 Å². The maximum atomic E-state index is 12.2. The van der Waals surface area contributed by atoms with Gasteiger partial charge in [0.2, 0.25) is 0 Å². The highest BCUT2D eigenvalue weighted by atomic mass is 79.9. The van der Waals surface area contributed by atoms with Crippen LogP contribution in [0.1, 0.15) is 20.7 Å². The summed E-state index contributed by atoms with van der Waals surface area (Å²) in [6, 6.07) is 16.7. The van der Waals surface area contributed by atoms with Gasteiger partial charge in [0.25, 0.3) is 0 Å². The Balaban J connectivity index is 2.20. The number of alkyl halides is 1. The third kappa shape index (κ3) is 2.79. The van der Waals surface area contributed by atoms with Crippen molar-refractivity contribution < 1.29 is 9.53 Å². The van der Waals surface area contributed by atoms with Gasteiger partial charge in [0.15, 0.2) is 5.78 Å². The Kier molecular flexibility index (Phi) is 4.15. The van der Waals surface area contributed by atoms with Crippen molar-refractivity contribution >= 4 is 21.7 Å². The Morgan fingerprint density at radius 3 is 2.22 bits per heavy atom. The molecule has 0 N–H and O–H groups in total. The van der Waals surface area contributed by atoms with Gasteiger partial charge in [-0.1, -0.05) is 58.4 Å². The predicted octanol–water partition coefficient (Wildman–Crippen LogP) is 4.01. The Hall–Kier alpha value is -1.61. The number of hydrogen-bond donors (Lipinski definition) is 0. The largest absolute Gasteiger partial charge is 0.497 e. The van der Waals surface area contributed by atoms with Crippen LogP contribution in [0.5, 0.6) is 5.75 Å². The van der Waals surface area contributed by atoms with Gasteiger partial charge >= 0.3 is 0 Å². The van der Waals surface area contributed by atoms with Crippen molar-refractivity contribution in [3.05, 3.63) is 65.7 Å². The summed E-state index contributed by atoms with van der Waals surface area (Å²) in [6.45, 7) is 0. The molecule has 0 unspecified atom stereocenters. The summed E-state index contributed by atoms with van der Waals surface area (Å²) >= 11 is 3.44. The fourth-order valence-corrected chi connectivity index (χ4v) is 2.24. The second kappa shape index (κ2) is 5.83. The van der Waals surface area contributed by atoms with Crippen molar-refractivity contribution in [1.29, 1.82) is 0 Å². The first-order valence-corrected chi connectivity index (χ1v) is 6.51. The molecule has 0 fully saturated rings. The topological polar surface area (TPSA) is 26.3 Å². The normalized spacial score (nSPS) is 11.9. The second-order valence-corrected chi connectivity index (χ2v) is 4.78. The lowest BCUT2D eigenvalue weighted by molar-refractivity contribution is 0.0991. The standard InChI is InChI=1S/C15H13BrO2/c1-18-13-9-7-11(8-10-13)14(16)15(17)12-5-3-2-4-6-12/h2-10,14H,1H3/t14-/m1/s1. The minimum Gasteiger partial charge on any atom is -0.497 e. The van der Waals surface area contributed by atoms with Crippen molar-refractivity contribution in [3.8, 4) is 5.75 Å². The molecule has 0 amide bonds. The molecule has 18 heavy (non-hydrogen) atoms. The number of Topliss-reactive ketones (excluding diaryl/α,β-unsaturated/α-hetero) is 1. The Bertz CT molecular complexity index is 520. The lowest BCUT2D eigenvalue weighted by Gasteiger charge is -2.10. The molecule has 2 aromatic carbocycles. The molecule has 0 saturated carbocycles. The van der Waals surface area contributed by atoms with E-state index in [2.05, 4.69) is 15.9 Å². The number of ether oxygens (including phenoxy) is 1. The quantitative estimate of drug-likeness (QED) is 0.630. The highest BCUT2D eigenvalue weighted by molar-refractivity contribution is 9.09. The van der Waals surface area contributed by atoms with Crippen LogP contribution >= 0.6 is 15.9 Å². The van der Waals surface area contributed by atoms with E-state index in [0.717, 1.165) is 11.3 Å². The van der Waals surface area contributed by atoms with Gasteiger partial charge in [0, 0.05) is 5.56 Å². The summed E-state index contributed by atoms with van der Waals surface area (Å²) in [4.78, 5) is 11.9. The minimum absolute atomic E-state index is 0.0563. The van der Waals surface area contributed by atoms with Crippen LogP contribution < -0.4 is 4.74 Å². The summed E-state index contributed by atoms with van der Waals surface area (Å²) in [5.74, 6) is 0.839. The van der Waals surface area contributed by atoms with Crippen LogP contribution in [-0.4, -0.2) is 12.9 Å². The number of carbonyl (C=O) groups is 1. The molecule has 0 aliphatic heterocycles. The molecule has 1 atom stereocenters. The molecule has 0 aliphatic carbocycles. The number of ketones is 1. The van der Waals surface area contributed by atoms with E-state index in [0.29, 0.717) is 5.56 Å². The fourth-order valence-electron chi connectivity index (χ4n) is 1.67. The van der Waals surface area contributed by atoms with E-state index in [1.807, 2.05) is 54.6 Å². The first-order valence-electron chi connectivity index (χ1n) is 5.59. The van der Waals surface area contributed by atoms with Crippen molar-refractivity contribution in [2.75, 3.05) is 7.11 Å². The number of benzene rings is 2. The van der Waals surface area contributed by atoms with Crippen molar-refractivity contribution in [3.63, 3.8) is 0 Å². The molecular weight excluding hydrogens is 292 g/mol. The van der Waals surface area contributed by atoms with Crippen LogP contribution in [0.15, 0.2) is 54.6 Å². The Morgan fingerprint density at radius 1 is 1.06 bits per heavy atom. The SMILES string of the molecule is COc1ccc([C@@H](Br)C(=O)c2ccccc2)cc1. The van der Waals surface area contributed by atoms with Crippen LogP contribution in [0.4, 0.5) is 0 Å². The molecule has 3 heteroatoms. The van der Waals surface area contributed by atoms with Crippen LogP contribution in [0, 0.1) is 0 Å². The molecule has 2 aromatic rings. The molecule has 2 rings (SSSR count). The molecule has 0 aliphatic rings. The Labute approximate surface area is 115 Å². The number of methoxy groups -OCH3 is 1. The van der Waals surface area contributed by atoms with Crippen LogP contribution in [0.3, 0.4) is 0 Å². The summed E-state index contributed by atoms with van der Waals surface area (Å²) in [6.07, 6.45) is 0. The van der Waals surface area contributed by atoms with E-state index in [4.69, 9.17) is 4.74 Å². The summed E-state index contributed by atoms with van der Waals surface area (Å²) in [5, 5.41) is 0. The van der Waals surface area contributed by atoms with Gasteiger partial charge in [-0.3, -0.25) is 4.79 Å². The van der Waals surface area contributed by atoms with E-state index in [9.17, 15) is 4.79 Å². The molecule has 92 valence electrons. The molecule has 0 radical (unpaired) electrons. The van der Waals surface area contributed by atoms with E-state index < -0.39 is 0 Å². The zero-order valence-corrected chi connectivity index (χ0v) is 11.6. The van der Waals surface area contributed by atoms with Gasteiger partial charge < -0.3 is 4.74 Å². The zero-order valence-electron chi connectivity index (χ0n) is 9.97. The molecule has 0 saturated heterocycles. The molecule has 0 heterocycles. The summed E-state index contributed by atoms with van der Waals surface area (Å²) in [5.41, 5.74) is 1.62. The summed E-state index contributed by atoms with van der Waals surface area (Å²) < 4.78 is 5.09. The van der Waals surface area contributed by atoms with Crippen molar-refractivity contribution in [1.82, 2.24) is 0 Å². The second-order valence-electron chi connectivity index (χ2n) is 3.87. The molecular formula is C15H13BrO2. The van der Waals surface area contributed by atoms with Gasteiger partial charge in [-0.15, -0.1) is 0 Å². The Morgan fingerprint density at radius 2 is 1.67 bits per heavy atom. The fraction of sp³-hybridized carbons (Fsp3) is 0.133. The van der Waals surface area contributed by atoms with Crippen LogP contribution in [-0.2, 0) is 0 Å². The van der Waals surface area contributed by atoms with Gasteiger partial charge in [-0.2, -0.15) is 0 Å². The van der Waals surface area contributed by atoms with Gasteiger partial charge in [0.1, 0.15) is 10.6 Å². The third-order valence-corrected chi connectivity index (χ3v) is 3.64. The highest BCUT2D eigenvalue weighted by Gasteiger charge is 2.18. The summed E-state index contributed by atoms with van der Waals surface area (Å²) in [7, 11) is 1.62. The first-order chi connectivity index (χ1) is 8.72. The number of hydrogen-bond acceptors (Lipinski definition) is 2.